The number of fused-ring (bicyclic) bond motifs is 1. The van der Waals surface area contributed by atoms with E-state index in [1.807, 2.05) is 6.07 Å². The van der Waals surface area contributed by atoms with E-state index >= 15 is 0 Å². The fourth-order valence-corrected chi connectivity index (χ4v) is 2.20. The predicted octanol–water partition coefficient (Wildman–Crippen LogP) is 1.81. The highest BCUT2D eigenvalue weighted by Gasteiger charge is 2.03. The van der Waals surface area contributed by atoms with Crippen molar-refractivity contribution in [1.29, 1.82) is 0 Å². The van der Waals surface area contributed by atoms with E-state index in [1.165, 1.54) is 5.56 Å². The normalized spacial score (nSPS) is 10.7. The van der Waals surface area contributed by atoms with Crippen LogP contribution in [0.15, 0.2) is 18.2 Å². The summed E-state index contributed by atoms with van der Waals surface area (Å²) >= 11 is 1.56. The maximum atomic E-state index is 5.50. The third kappa shape index (κ3) is 1.71. The molecule has 2 aromatic rings. The molecule has 2 rings (SSSR count). The standard InChI is InChI=1S/C10H12N2OS/c1-13-10-12-8-3-2-7(4-5-11)6-9(8)14-10/h2-3,6H,4-5,11H2,1H3. The van der Waals surface area contributed by atoms with Crippen molar-refractivity contribution in [2.45, 2.75) is 6.42 Å². The zero-order valence-electron chi connectivity index (χ0n) is 7.99. The Labute approximate surface area is 86.5 Å². The summed E-state index contributed by atoms with van der Waals surface area (Å²) in [6.07, 6.45) is 0.913. The minimum absolute atomic E-state index is 0.682. The molecule has 1 aromatic carbocycles. The molecule has 0 amide bonds. The Morgan fingerprint density at radius 3 is 3.07 bits per heavy atom. The maximum absolute atomic E-state index is 5.50. The zero-order valence-corrected chi connectivity index (χ0v) is 8.80. The molecular weight excluding hydrogens is 196 g/mol. The van der Waals surface area contributed by atoms with Crippen molar-refractivity contribution in [3.05, 3.63) is 23.8 Å². The van der Waals surface area contributed by atoms with Gasteiger partial charge in [0.1, 0.15) is 0 Å². The molecule has 0 atom stereocenters. The second kappa shape index (κ2) is 3.94. The second-order valence-corrected chi connectivity index (χ2v) is 4.02. The number of hydrogen-bond acceptors (Lipinski definition) is 4. The van der Waals surface area contributed by atoms with E-state index < -0.39 is 0 Å². The Morgan fingerprint density at radius 1 is 1.50 bits per heavy atom. The average Bonchev–Trinajstić information content (AvgIpc) is 2.60. The number of hydrogen-bond donors (Lipinski definition) is 1. The lowest BCUT2D eigenvalue weighted by Gasteiger charge is -1.96. The molecule has 0 aliphatic carbocycles. The smallest absolute Gasteiger partial charge is 0.274 e. The number of ether oxygens (including phenoxy) is 1. The largest absolute Gasteiger partial charge is 0.473 e. The fourth-order valence-electron chi connectivity index (χ4n) is 1.36. The Bertz CT molecular complexity index is 439. The molecule has 14 heavy (non-hydrogen) atoms. The van der Waals surface area contributed by atoms with Crippen LogP contribution in [0.4, 0.5) is 0 Å². The van der Waals surface area contributed by atoms with Crippen molar-refractivity contribution < 1.29 is 4.74 Å². The number of rotatable bonds is 3. The van der Waals surface area contributed by atoms with Crippen LogP contribution in [-0.4, -0.2) is 18.6 Å². The molecule has 3 nitrogen and oxygen atoms in total. The van der Waals surface area contributed by atoms with Crippen molar-refractivity contribution in [2.24, 2.45) is 5.73 Å². The molecule has 0 saturated heterocycles. The highest BCUT2D eigenvalue weighted by molar-refractivity contribution is 7.20. The fraction of sp³-hybridized carbons (Fsp3) is 0.300. The summed E-state index contributed by atoms with van der Waals surface area (Å²) in [4.78, 5) is 4.30. The van der Waals surface area contributed by atoms with E-state index in [-0.39, 0.29) is 0 Å². The van der Waals surface area contributed by atoms with Crippen molar-refractivity contribution in [3.8, 4) is 5.19 Å². The molecule has 0 unspecified atom stereocenters. The van der Waals surface area contributed by atoms with Gasteiger partial charge in [-0.1, -0.05) is 17.4 Å². The van der Waals surface area contributed by atoms with Crippen molar-refractivity contribution in [3.63, 3.8) is 0 Å². The molecule has 1 heterocycles. The van der Waals surface area contributed by atoms with Crippen LogP contribution in [0.5, 0.6) is 5.19 Å². The Morgan fingerprint density at radius 2 is 2.36 bits per heavy atom. The molecule has 0 bridgehead atoms. The van der Waals surface area contributed by atoms with Gasteiger partial charge < -0.3 is 10.5 Å². The van der Waals surface area contributed by atoms with Crippen LogP contribution in [0.25, 0.3) is 10.2 Å². The van der Waals surface area contributed by atoms with Crippen molar-refractivity contribution in [2.75, 3.05) is 13.7 Å². The lowest BCUT2D eigenvalue weighted by molar-refractivity contribution is 0.413. The SMILES string of the molecule is COc1nc2ccc(CCN)cc2s1. The maximum Gasteiger partial charge on any atom is 0.274 e. The molecule has 0 radical (unpaired) electrons. The number of nitrogens with two attached hydrogens (primary N) is 1. The number of thiazole rings is 1. The van der Waals surface area contributed by atoms with Gasteiger partial charge in [0.2, 0.25) is 0 Å². The van der Waals surface area contributed by atoms with Gasteiger partial charge in [-0.3, -0.25) is 0 Å². The third-order valence-corrected chi connectivity index (χ3v) is 3.02. The second-order valence-electron chi connectivity index (χ2n) is 3.02. The molecule has 2 N–H and O–H groups in total. The van der Waals surface area contributed by atoms with Crippen LogP contribution in [0.2, 0.25) is 0 Å². The zero-order chi connectivity index (χ0) is 9.97. The summed E-state index contributed by atoms with van der Waals surface area (Å²) in [6, 6.07) is 6.20. The van der Waals surface area contributed by atoms with Gasteiger partial charge in [0, 0.05) is 0 Å². The van der Waals surface area contributed by atoms with E-state index in [4.69, 9.17) is 10.5 Å². The van der Waals surface area contributed by atoms with E-state index in [2.05, 4.69) is 17.1 Å². The molecule has 1 aromatic heterocycles. The van der Waals surface area contributed by atoms with Crippen LogP contribution in [-0.2, 0) is 6.42 Å². The first-order valence-electron chi connectivity index (χ1n) is 4.47. The molecule has 0 spiro atoms. The summed E-state index contributed by atoms with van der Waals surface area (Å²) in [6.45, 7) is 0.682. The van der Waals surface area contributed by atoms with Gasteiger partial charge in [-0.2, -0.15) is 0 Å². The van der Waals surface area contributed by atoms with Gasteiger partial charge in [-0.15, -0.1) is 0 Å². The molecule has 4 heteroatoms. The number of benzene rings is 1. The number of methoxy groups -OCH3 is 1. The van der Waals surface area contributed by atoms with Gasteiger partial charge in [0.15, 0.2) is 0 Å². The predicted molar refractivity (Wildman–Crippen MR) is 58.9 cm³/mol. The van der Waals surface area contributed by atoms with Gasteiger partial charge in [0.25, 0.3) is 5.19 Å². The quantitative estimate of drug-likeness (QED) is 0.836. The van der Waals surface area contributed by atoms with E-state index in [9.17, 15) is 0 Å². The first-order valence-corrected chi connectivity index (χ1v) is 5.28. The van der Waals surface area contributed by atoms with E-state index in [0.717, 1.165) is 16.6 Å². The van der Waals surface area contributed by atoms with Gasteiger partial charge in [0.05, 0.1) is 17.3 Å². The van der Waals surface area contributed by atoms with Crippen LogP contribution in [0.1, 0.15) is 5.56 Å². The summed E-state index contributed by atoms with van der Waals surface area (Å²) in [5.41, 5.74) is 7.75. The van der Waals surface area contributed by atoms with Crippen LogP contribution in [0, 0.1) is 0 Å². The minimum Gasteiger partial charge on any atom is -0.473 e. The van der Waals surface area contributed by atoms with Crippen molar-refractivity contribution >= 4 is 21.6 Å². The Hall–Kier alpha value is -1.13. The molecule has 0 saturated carbocycles. The Balaban J connectivity index is 2.43. The lowest BCUT2D eigenvalue weighted by atomic mass is 10.1. The summed E-state index contributed by atoms with van der Waals surface area (Å²) in [7, 11) is 1.64. The summed E-state index contributed by atoms with van der Waals surface area (Å²) in [5.74, 6) is 0. The molecular formula is C10H12N2OS. The minimum atomic E-state index is 0.682. The van der Waals surface area contributed by atoms with E-state index in [0.29, 0.717) is 11.7 Å². The highest BCUT2D eigenvalue weighted by Crippen LogP contribution is 2.28. The Kier molecular flexibility index (Phi) is 2.65. The first kappa shape index (κ1) is 9.43. The van der Waals surface area contributed by atoms with Crippen molar-refractivity contribution in [1.82, 2.24) is 4.98 Å². The molecule has 0 fully saturated rings. The van der Waals surface area contributed by atoms with Gasteiger partial charge >= 0.3 is 0 Å². The third-order valence-electron chi connectivity index (χ3n) is 2.04. The van der Waals surface area contributed by atoms with Crippen LogP contribution < -0.4 is 10.5 Å². The number of aromatic nitrogens is 1. The van der Waals surface area contributed by atoms with Crippen LogP contribution >= 0.6 is 11.3 Å². The van der Waals surface area contributed by atoms with Gasteiger partial charge in [-0.05, 0) is 30.7 Å². The molecule has 74 valence electrons. The monoisotopic (exact) mass is 208 g/mol. The highest BCUT2D eigenvalue weighted by atomic mass is 32.1. The summed E-state index contributed by atoms with van der Waals surface area (Å²) in [5, 5.41) is 0.713. The molecule has 0 aliphatic rings. The topological polar surface area (TPSA) is 48.1 Å². The summed E-state index contributed by atoms with van der Waals surface area (Å²) < 4.78 is 6.24. The van der Waals surface area contributed by atoms with Crippen LogP contribution in [0.3, 0.4) is 0 Å². The molecule has 0 aliphatic heterocycles. The lowest BCUT2D eigenvalue weighted by Crippen LogP contribution is -2.02. The number of nitrogens with zero attached hydrogens (tertiary/aromatic N) is 1. The van der Waals surface area contributed by atoms with Gasteiger partial charge in [-0.25, -0.2) is 4.98 Å². The van der Waals surface area contributed by atoms with E-state index in [1.54, 1.807) is 18.4 Å². The first-order chi connectivity index (χ1) is 6.83. The average molecular weight is 208 g/mol.